The van der Waals surface area contributed by atoms with Gasteiger partial charge >= 0.3 is 0 Å². The van der Waals surface area contributed by atoms with E-state index < -0.39 is 0 Å². The first kappa shape index (κ1) is 26.3. The minimum Gasteiger partial charge on any atom is -0.496 e. The van der Waals surface area contributed by atoms with Gasteiger partial charge < -0.3 is 24.6 Å². The number of aryl methyl sites for hydroxylation is 1. The standard InChI is InChI=1S/C32H43N5O2/c1-38-31-21-28-30(20-24(31)23-39-19-18-36-14-5-6-15-36)35-29-10-4-2-3-9-27(29)32(28)34-25-11-16-37(17-12-25)26-8-7-13-33-22-26/h7-8,13,20-22,25H,2-6,9-12,14-19,23H2,1H3,(H,34,35). The van der Waals surface area contributed by atoms with E-state index in [0.717, 1.165) is 68.8 Å². The van der Waals surface area contributed by atoms with E-state index in [1.54, 1.807) is 7.11 Å². The minimum absolute atomic E-state index is 0.440. The monoisotopic (exact) mass is 529 g/mol. The predicted molar refractivity (Wildman–Crippen MR) is 158 cm³/mol. The van der Waals surface area contributed by atoms with Gasteiger partial charge in [-0.15, -0.1) is 0 Å². The molecule has 3 aliphatic rings. The second kappa shape index (κ2) is 12.5. The Bertz CT molecular complexity index is 1240. The molecule has 1 aromatic carbocycles. The van der Waals surface area contributed by atoms with Crippen LogP contribution in [0.15, 0.2) is 36.7 Å². The molecular formula is C32H43N5O2. The normalized spacial score (nSPS) is 18.7. The lowest BCUT2D eigenvalue weighted by Gasteiger charge is -2.35. The Labute approximate surface area is 232 Å². The largest absolute Gasteiger partial charge is 0.496 e. The molecule has 2 saturated heterocycles. The van der Waals surface area contributed by atoms with Crippen LogP contribution in [-0.2, 0) is 24.2 Å². The topological polar surface area (TPSA) is 62.8 Å². The molecule has 0 atom stereocenters. The summed E-state index contributed by atoms with van der Waals surface area (Å²) < 4.78 is 12.0. The smallest absolute Gasteiger partial charge is 0.125 e. The molecule has 7 nitrogen and oxygen atoms in total. The zero-order valence-corrected chi connectivity index (χ0v) is 23.5. The van der Waals surface area contributed by atoms with Crippen LogP contribution < -0.4 is 15.0 Å². The van der Waals surface area contributed by atoms with E-state index in [2.05, 4.69) is 38.3 Å². The predicted octanol–water partition coefficient (Wildman–Crippen LogP) is 5.60. The molecular weight excluding hydrogens is 486 g/mol. The maximum absolute atomic E-state index is 6.13. The van der Waals surface area contributed by atoms with E-state index in [-0.39, 0.29) is 0 Å². The summed E-state index contributed by atoms with van der Waals surface area (Å²) in [4.78, 5) is 14.5. The third-order valence-electron chi connectivity index (χ3n) is 8.78. The van der Waals surface area contributed by atoms with Crippen LogP contribution in [0.2, 0.25) is 0 Å². The average molecular weight is 530 g/mol. The molecule has 4 heterocycles. The molecule has 0 saturated carbocycles. The van der Waals surface area contributed by atoms with Crippen molar-refractivity contribution in [1.29, 1.82) is 0 Å². The van der Waals surface area contributed by atoms with Crippen molar-refractivity contribution in [3.8, 4) is 5.75 Å². The summed E-state index contributed by atoms with van der Waals surface area (Å²) in [6, 6.07) is 9.05. The van der Waals surface area contributed by atoms with Crippen molar-refractivity contribution in [2.24, 2.45) is 0 Å². The summed E-state index contributed by atoms with van der Waals surface area (Å²) in [7, 11) is 1.77. The molecule has 2 fully saturated rings. The number of pyridine rings is 2. The fraction of sp³-hybridized carbons (Fsp3) is 0.562. The number of benzene rings is 1. The van der Waals surface area contributed by atoms with Crippen LogP contribution >= 0.6 is 0 Å². The summed E-state index contributed by atoms with van der Waals surface area (Å²) in [5.74, 6) is 0.897. The van der Waals surface area contributed by atoms with Gasteiger partial charge in [-0.2, -0.15) is 0 Å². The van der Waals surface area contributed by atoms with Crippen molar-refractivity contribution < 1.29 is 9.47 Å². The van der Waals surface area contributed by atoms with Crippen molar-refractivity contribution in [2.75, 3.05) is 56.7 Å². The molecule has 6 rings (SSSR count). The van der Waals surface area contributed by atoms with E-state index in [4.69, 9.17) is 14.5 Å². The Hall–Kier alpha value is -2.90. The van der Waals surface area contributed by atoms with Crippen molar-refractivity contribution in [3.05, 3.63) is 53.5 Å². The number of hydrogen-bond donors (Lipinski definition) is 1. The van der Waals surface area contributed by atoms with Gasteiger partial charge in [-0.3, -0.25) is 9.97 Å². The lowest BCUT2D eigenvalue weighted by Crippen LogP contribution is -2.39. The number of likely N-dealkylation sites (tertiary alicyclic amines) is 1. The second-order valence-corrected chi connectivity index (χ2v) is 11.4. The highest BCUT2D eigenvalue weighted by Gasteiger charge is 2.24. The summed E-state index contributed by atoms with van der Waals surface area (Å²) >= 11 is 0. The Kier molecular flexibility index (Phi) is 8.45. The third kappa shape index (κ3) is 6.15. The van der Waals surface area contributed by atoms with Crippen LogP contribution in [-0.4, -0.2) is 67.4 Å². The van der Waals surface area contributed by atoms with Crippen LogP contribution in [0.25, 0.3) is 10.9 Å². The number of ether oxygens (including phenoxy) is 2. The molecule has 2 aromatic heterocycles. The quantitative estimate of drug-likeness (QED) is 0.286. The van der Waals surface area contributed by atoms with E-state index in [1.165, 1.54) is 73.2 Å². The second-order valence-electron chi connectivity index (χ2n) is 11.4. The molecule has 0 unspecified atom stereocenters. The summed E-state index contributed by atoms with van der Waals surface area (Å²) in [5.41, 5.74) is 7.36. The van der Waals surface area contributed by atoms with Crippen LogP contribution in [0, 0.1) is 0 Å². The van der Waals surface area contributed by atoms with Crippen molar-refractivity contribution in [2.45, 2.75) is 70.4 Å². The van der Waals surface area contributed by atoms with E-state index >= 15 is 0 Å². The van der Waals surface area contributed by atoms with Crippen LogP contribution in [0.3, 0.4) is 0 Å². The van der Waals surface area contributed by atoms with Gasteiger partial charge in [0.1, 0.15) is 5.75 Å². The van der Waals surface area contributed by atoms with Gasteiger partial charge in [-0.05, 0) is 94.3 Å². The SMILES string of the molecule is COc1cc2c(NC3CCN(c4cccnc4)CC3)c3c(nc2cc1COCCN1CCCC1)CCCCC3. The fourth-order valence-electron chi connectivity index (χ4n) is 6.55. The number of anilines is 2. The Balaban J connectivity index is 1.23. The van der Waals surface area contributed by atoms with Gasteiger partial charge in [0.05, 0.1) is 37.7 Å². The Morgan fingerprint density at radius 1 is 1.00 bits per heavy atom. The molecule has 39 heavy (non-hydrogen) atoms. The van der Waals surface area contributed by atoms with Crippen molar-refractivity contribution in [1.82, 2.24) is 14.9 Å². The first-order valence-electron chi connectivity index (χ1n) is 15.0. The molecule has 0 radical (unpaired) electrons. The van der Waals surface area contributed by atoms with Crippen LogP contribution in [0.4, 0.5) is 11.4 Å². The fourth-order valence-corrected chi connectivity index (χ4v) is 6.55. The molecule has 2 aliphatic heterocycles. The minimum atomic E-state index is 0.440. The van der Waals surface area contributed by atoms with Crippen LogP contribution in [0.1, 0.15) is 61.8 Å². The van der Waals surface area contributed by atoms with Gasteiger partial charge in [0.2, 0.25) is 0 Å². The van der Waals surface area contributed by atoms with Gasteiger partial charge in [-0.25, -0.2) is 0 Å². The van der Waals surface area contributed by atoms with Gasteiger partial charge in [-0.1, -0.05) is 6.42 Å². The van der Waals surface area contributed by atoms with E-state index in [0.29, 0.717) is 12.6 Å². The maximum Gasteiger partial charge on any atom is 0.125 e. The number of methoxy groups -OCH3 is 1. The third-order valence-corrected chi connectivity index (χ3v) is 8.78. The maximum atomic E-state index is 6.13. The Morgan fingerprint density at radius 3 is 2.64 bits per heavy atom. The molecule has 0 bridgehead atoms. The summed E-state index contributed by atoms with van der Waals surface area (Å²) in [5, 5.41) is 5.21. The molecule has 3 aromatic rings. The Morgan fingerprint density at radius 2 is 1.85 bits per heavy atom. The number of rotatable bonds is 9. The van der Waals surface area contributed by atoms with E-state index in [9.17, 15) is 0 Å². The molecule has 208 valence electrons. The molecule has 1 N–H and O–H groups in total. The molecule has 1 aliphatic carbocycles. The number of hydrogen-bond acceptors (Lipinski definition) is 7. The lowest BCUT2D eigenvalue weighted by molar-refractivity contribution is 0.0979. The molecule has 0 spiro atoms. The van der Waals surface area contributed by atoms with Crippen LogP contribution in [0.5, 0.6) is 5.75 Å². The number of nitrogens with one attached hydrogen (secondary N) is 1. The summed E-state index contributed by atoms with van der Waals surface area (Å²) in [6.07, 6.45) is 14.5. The zero-order chi connectivity index (χ0) is 26.4. The zero-order valence-electron chi connectivity index (χ0n) is 23.5. The van der Waals surface area contributed by atoms with Gasteiger partial charge in [0.25, 0.3) is 0 Å². The highest BCUT2D eigenvalue weighted by Crippen LogP contribution is 2.37. The first-order chi connectivity index (χ1) is 19.3. The van der Waals surface area contributed by atoms with Gasteiger partial charge in [0.15, 0.2) is 0 Å². The number of nitrogens with zero attached hydrogens (tertiary/aromatic N) is 4. The lowest BCUT2D eigenvalue weighted by atomic mass is 9.97. The van der Waals surface area contributed by atoms with E-state index in [1.807, 2.05) is 18.5 Å². The number of piperidine rings is 1. The van der Waals surface area contributed by atoms with Crippen molar-refractivity contribution >= 4 is 22.3 Å². The number of fused-ring (bicyclic) bond motifs is 2. The first-order valence-corrected chi connectivity index (χ1v) is 15.0. The molecule has 0 amide bonds. The van der Waals surface area contributed by atoms with Gasteiger partial charge in [0, 0.05) is 54.2 Å². The highest BCUT2D eigenvalue weighted by atomic mass is 16.5. The highest BCUT2D eigenvalue weighted by molar-refractivity contribution is 5.95. The summed E-state index contributed by atoms with van der Waals surface area (Å²) in [6.45, 7) is 6.81. The van der Waals surface area contributed by atoms with Crippen molar-refractivity contribution in [3.63, 3.8) is 0 Å². The molecule has 7 heteroatoms. The average Bonchev–Trinajstić information content (AvgIpc) is 3.39. The number of aromatic nitrogens is 2.